The number of hydrogen-bond acceptors (Lipinski definition) is 2. The van der Waals surface area contributed by atoms with E-state index in [0.29, 0.717) is 26.2 Å². The molecule has 17 heavy (non-hydrogen) atoms. The Hall–Kier alpha value is -1.07. The largest absolute Gasteiger partial charge is 0.416 e. The van der Waals surface area contributed by atoms with Crippen molar-refractivity contribution in [3.63, 3.8) is 0 Å². The van der Waals surface area contributed by atoms with Crippen molar-refractivity contribution < 1.29 is 17.9 Å². The monoisotopic (exact) mass is 245 g/mol. The van der Waals surface area contributed by atoms with E-state index < -0.39 is 11.7 Å². The van der Waals surface area contributed by atoms with Crippen LogP contribution in [0.15, 0.2) is 24.3 Å². The standard InChI is InChI=1S/C12H14F3NO/c13-12(14,15)10-3-1-9(2-4-10)5-11(6-16)7-17-8-11/h1-4H,5-8,16H2. The van der Waals surface area contributed by atoms with Gasteiger partial charge in [0.1, 0.15) is 0 Å². The minimum absolute atomic E-state index is 0.0836. The molecule has 1 aromatic rings. The molecular formula is C12H14F3NO. The molecule has 1 heterocycles. The molecule has 2 N–H and O–H groups in total. The molecule has 2 rings (SSSR count). The lowest BCUT2D eigenvalue weighted by atomic mass is 9.80. The smallest absolute Gasteiger partial charge is 0.380 e. The first-order valence-corrected chi connectivity index (χ1v) is 5.39. The molecule has 0 aromatic heterocycles. The average molecular weight is 245 g/mol. The van der Waals surface area contributed by atoms with Gasteiger partial charge in [-0.3, -0.25) is 0 Å². The van der Waals surface area contributed by atoms with Gasteiger partial charge in [-0.25, -0.2) is 0 Å². The maximum absolute atomic E-state index is 12.4. The second-order valence-corrected chi connectivity index (χ2v) is 4.57. The molecule has 1 fully saturated rings. The van der Waals surface area contributed by atoms with E-state index in [0.717, 1.165) is 17.7 Å². The maximum Gasteiger partial charge on any atom is 0.416 e. The van der Waals surface area contributed by atoms with Gasteiger partial charge in [0, 0.05) is 12.0 Å². The Morgan fingerprint density at radius 3 is 2.12 bits per heavy atom. The molecule has 0 saturated carbocycles. The van der Waals surface area contributed by atoms with Crippen LogP contribution in [0.4, 0.5) is 13.2 Å². The molecule has 94 valence electrons. The van der Waals surface area contributed by atoms with E-state index in [4.69, 9.17) is 10.5 Å². The van der Waals surface area contributed by atoms with Gasteiger partial charge in [-0.15, -0.1) is 0 Å². The van der Waals surface area contributed by atoms with Crippen LogP contribution >= 0.6 is 0 Å². The third-order valence-corrected chi connectivity index (χ3v) is 3.11. The molecule has 1 aliphatic rings. The van der Waals surface area contributed by atoms with Gasteiger partial charge in [-0.2, -0.15) is 13.2 Å². The van der Waals surface area contributed by atoms with Gasteiger partial charge in [-0.1, -0.05) is 12.1 Å². The van der Waals surface area contributed by atoms with E-state index in [1.54, 1.807) is 0 Å². The number of nitrogens with two attached hydrogens (primary N) is 1. The molecule has 0 amide bonds. The van der Waals surface area contributed by atoms with Crippen molar-refractivity contribution in [2.24, 2.45) is 11.1 Å². The van der Waals surface area contributed by atoms with E-state index >= 15 is 0 Å². The Kier molecular flexibility index (Phi) is 3.14. The zero-order valence-corrected chi connectivity index (χ0v) is 9.26. The summed E-state index contributed by atoms with van der Waals surface area (Å²) in [4.78, 5) is 0. The van der Waals surface area contributed by atoms with Crippen molar-refractivity contribution in [1.29, 1.82) is 0 Å². The third-order valence-electron chi connectivity index (χ3n) is 3.11. The summed E-state index contributed by atoms with van der Waals surface area (Å²) in [5.74, 6) is 0. The van der Waals surface area contributed by atoms with E-state index in [9.17, 15) is 13.2 Å². The number of alkyl halides is 3. The van der Waals surface area contributed by atoms with E-state index in [1.165, 1.54) is 12.1 Å². The van der Waals surface area contributed by atoms with Crippen LogP contribution in [0.3, 0.4) is 0 Å². The van der Waals surface area contributed by atoms with Crippen LogP contribution < -0.4 is 5.73 Å². The summed E-state index contributed by atoms with van der Waals surface area (Å²) < 4.78 is 42.2. The fourth-order valence-corrected chi connectivity index (χ4v) is 1.93. The second-order valence-electron chi connectivity index (χ2n) is 4.57. The minimum atomic E-state index is -4.27. The molecule has 1 aliphatic heterocycles. The number of ether oxygens (including phenoxy) is 1. The Labute approximate surface area is 97.6 Å². The Morgan fingerprint density at radius 1 is 1.18 bits per heavy atom. The van der Waals surface area contributed by atoms with E-state index in [2.05, 4.69) is 0 Å². The molecule has 0 atom stereocenters. The molecule has 0 radical (unpaired) electrons. The van der Waals surface area contributed by atoms with Crippen molar-refractivity contribution in [2.45, 2.75) is 12.6 Å². The van der Waals surface area contributed by atoms with Crippen molar-refractivity contribution >= 4 is 0 Å². The first-order valence-electron chi connectivity index (χ1n) is 5.39. The average Bonchev–Trinajstić information content (AvgIpc) is 2.23. The summed E-state index contributed by atoms with van der Waals surface area (Å²) in [6, 6.07) is 5.25. The highest BCUT2D eigenvalue weighted by Gasteiger charge is 2.37. The fraction of sp³-hybridized carbons (Fsp3) is 0.500. The summed E-state index contributed by atoms with van der Waals surface area (Å²) in [5.41, 5.74) is 5.82. The molecule has 0 bridgehead atoms. The van der Waals surface area contributed by atoms with E-state index in [-0.39, 0.29) is 5.41 Å². The summed E-state index contributed by atoms with van der Waals surface area (Å²) in [7, 11) is 0. The molecule has 2 nitrogen and oxygen atoms in total. The Balaban J connectivity index is 2.08. The summed E-state index contributed by atoms with van der Waals surface area (Å²) in [5, 5.41) is 0. The van der Waals surface area contributed by atoms with Crippen molar-refractivity contribution in [1.82, 2.24) is 0 Å². The molecular weight excluding hydrogens is 231 g/mol. The highest BCUT2D eigenvalue weighted by atomic mass is 19.4. The molecule has 5 heteroatoms. The second kappa shape index (κ2) is 4.31. The zero-order chi connectivity index (χ0) is 12.5. The van der Waals surface area contributed by atoms with Crippen LogP contribution in [0.25, 0.3) is 0 Å². The summed E-state index contributed by atoms with van der Waals surface area (Å²) in [6.07, 6.45) is -3.61. The van der Waals surface area contributed by atoms with Crippen LogP contribution in [0, 0.1) is 5.41 Å². The third kappa shape index (κ3) is 2.61. The van der Waals surface area contributed by atoms with Crippen LogP contribution in [0.1, 0.15) is 11.1 Å². The van der Waals surface area contributed by atoms with E-state index in [1.807, 2.05) is 0 Å². The van der Waals surface area contributed by atoms with Crippen LogP contribution in [-0.4, -0.2) is 19.8 Å². The lowest BCUT2D eigenvalue weighted by molar-refractivity contribution is -0.137. The SMILES string of the molecule is NCC1(Cc2ccc(C(F)(F)F)cc2)COC1. The predicted octanol–water partition coefficient (Wildman–Crippen LogP) is 2.22. The highest BCUT2D eigenvalue weighted by molar-refractivity contribution is 5.25. The van der Waals surface area contributed by atoms with Gasteiger partial charge in [0.15, 0.2) is 0 Å². The van der Waals surface area contributed by atoms with Crippen molar-refractivity contribution in [3.8, 4) is 0 Å². The minimum Gasteiger partial charge on any atom is -0.380 e. The molecule has 1 aromatic carbocycles. The normalized spacial score (nSPS) is 18.8. The molecule has 0 unspecified atom stereocenters. The van der Waals surface area contributed by atoms with Gasteiger partial charge in [0.25, 0.3) is 0 Å². The number of benzene rings is 1. The quantitative estimate of drug-likeness (QED) is 0.886. The molecule has 1 saturated heterocycles. The molecule has 0 aliphatic carbocycles. The zero-order valence-electron chi connectivity index (χ0n) is 9.26. The van der Waals surface area contributed by atoms with Crippen LogP contribution in [0.2, 0.25) is 0 Å². The predicted molar refractivity (Wildman–Crippen MR) is 57.5 cm³/mol. The van der Waals surface area contributed by atoms with Gasteiger partial charge < -0.3 is 10.5 Å². The topological polar surface area (TPSA) is 35.2 Å². The summed E-state index contributed by atoms with van der Waals surface area (Å²) in [6.45, 7) is 1.67. The highest BCUT2D eigenvalue weighted by Crippen LogP contribution is 2.32. The van der Waals surface area contributed by atoms with Gasteiger partial charge in [0.2, 0.25) is 0 Å². The first-order chi connectivity index (χ1) is 7.95. The lowest BCUT2D eigenvalue weighted by Gasteiger charge is -2.40. The Morgan fingerprint density at radius 2 is 1.76 bits per heavy atom. The lowest BCUT2D eigenvalue weighted by Crippen LogP contribution is -2.49. The van der Waals surface area contributed by atoms with Crippen molar-refractivity contribution in [3.05, 3.63) is 35.4 Å². The fourth-order valence-electron chi connectivity index (χ4n) is 1.93. The van der Waals surface area contributed by atoms with Crippen molar-refractivity contribution in [2.75, 3.05) is 19.8 Å². The van der Waals surface area contributed by atoms with Crippen LogP contribution in [-0.2, 0) is 17.3 Å². The molecule has 0 spiro atoms. The summed E-state index contributed by atoms with van der Waals surface area (Å²) >= 11 is 0. The van der Waals surface area contributed by atoms with Gasteiger partial charge in [-0.05, 0) is 24.1 Å². The van der Waals surface area contributed by atoms with Gasteiger partial charge in [0.05, 0.1) is 18.8 Å². The number of halogens is 3. The maximum atomic E-state index is 12.4. The van der Waals surface area contributed by atoms with Gasteiger partial charge >= 0.3 is 6.18 Å². The Bertz CT molecular complexity index is 376. The number of hydrogen-bond donors (Lipinski definition) is 1. The van der Waals surface area contributed by atoms with Crippen LogP contribution in [0.5, 0.6) is 0 Å². The number of rotatable bonds is 3. The first kappa shape index (κ1) is 12.4.